The highest BCUT2D eigenvalue weighted by atomic mass is 79.9. The summed E-state index contributed by atoms with van der Waals surface area (Å²) in [6, 6.07) is 0. The molecule has 6 heteroatoms. The Morgan fingerprint density at radius 3 is 2.55 bits per heavy atom. The van der Waals surface area contributed by atoms with E-state index in [1.54, 1.807) is 0 Å². The minimum absolute atomic E-state index is 0.124. The van der Waals surface area contributed by atoms with Gasteiger partial charge in [0.2, 0.25) is 5.88 Å². The van der Waals surface area contributed by atoms with Crippen molar-refractivity contribution in [2.75, 3.05) is 7.11 Å². The molecule has 1 aromatic heterocycles. The van der Waals surface area contributed by atoms with Gasteiger partial charge in [-0.15, -0.1) is 0 Å². The second kappa shape index (κ2) is 2.91. The first-order chi connectivity index (χ1) is 5.15. The normalized spacial score (nSPS) is 9.64. The molecular weight excluding hydrogens is 216 g/mol. The van der Waals surface area contributed by atoms with Gasteiger partial charge in [-0.3, -0.25) is 14.8 Å². The molecule has 0 saturated carbocycles. The van der Waals surface area contributed by atoms with Gasteiger partial charge >= 0.3 is 5.69 Å². The maximum Gasteiger partial charge on any atom is 0.328 e. The monoisotopic (exact) mass is 220 g/mol. The fourth-order valence-corrected chi connectivity index (χ4v) is 0.951. The highest BCUT2D eigenvalue weighted by Gasteiger charge is 2.04. The number of hydrogen-bond acceptors (Lipinski definition) is 3. The number of nitrogens with one attached hydrogen (secondary N) is 2. The van der Waals surface area contributed by atoms with Gasteiger partial charge in [-0.1, -0.05) is 0 Å². The number of rotatable bonds is 1. The number of hydrogen-bond donors (Lipinski definition) is 2. The van der Waals surface area contributed by atoms with Crippen LogP contribution in [0, 0.1) is 0 Å². The fraction of sp³-hybridized carbons (Fsp3) is 0.200. The Morgan fingerprint density at radius 2 is 2.00 bits per heavy atom. The van der Waals surface area contributed by atoms with E-state index in [9.17, 15) is 9.59 Å². The van der Waals surface area contributed by atoms with Crippen molar-refractivity contribution in [1.82, 2.24) is 9.97 Å². The summed E-state index contributed by atoms with van der Waals surface area (Å²) in [6.45, 7) is 0. The van der Waals surface area contributed by atoms with Gasteiger partial charge in [0.15, 0.2) is 0 Å². The van der Waals surface area contributed by atoms with Crippen molar-refractivity contribution in [1.29, 1.82) is 0 Å². The lowest BCUT2D eigenvalue weighted by molar-refractivity contribution is 0.391. The third-order valence-electron chi connectivity index (χ3n) is 1.06. The molecule has 0 atom stereocenters. The van der Waals surface area contributed by atoms with Crippen molar-refractivity contribution in [2.24, 2.45) is 0 Å². The lowest BCUT2D eigenvalue weighted by Gasteiger charge is -1.98. The Balaban J connectivity index is 3.49. The SMILES string of the molecule is COc1[nH]c(=O)[nH]c(=O)c1Br. The van der Waals surface area contributed by atoms with Crippen LogP contribution in [-0.4, -0.2) is 17.1 Å². The Hall–Kier alpha value is -1.04. The van der Waals surface area contributed by atoms with Crippen LogP contribution in [0.2, 0.25) is 0 Å². The van der Waals surface area contributed by atoms with Crippen molar-refractivity contribution >= 4 is 15.9 Å². The van der Waals surface area contributed by atoms with E-state index >= 15 is 0 Å². The van der Waals surface area contributed by atoms with Crippen molar-refractivity contribution in [3.8, 4) is 5.88 Å². The van der Waals surface area contributed by atoms with E-state index in [2.05, 4.69) is 25.7 Å². The molecule has 0 aliphatic rings. The minimum Gasteiger partial charge on any atom is -0.481 e. The summed E-state index contributed by atoms with van der Waals surface area (Å²) < 4.78 is 4.86. The van der Waals surface area contributed by atoms with Crippen LogP contribution in [0.3, 0.4) is 0 Å². The molecule has 0 amide bonds. The first-order valence-electron chi connectivity index (χ1n) is 2.71. The summed E-state index contributed by atoms with van der Waals surface area (Å²) in [4.78, 5) is 25.7. The van der Waals surface area contributed by atoms with E-state index in [4.69, 9.17) is 0 Å². The first-order valence-corrected chi connectivity index (χ1v) is 3.50. The van der Waals surface area contributed by atoms with Gasteiger partial charge in [0, 0.05) is 0 Å². The Kier molecular flexibility index (Phi) is 2.13. The predicted octanol–water partition coefficient (Wildman–Crippen LogP) is -0.166. The summed E-state index contributed by atoms with van der Waals surface area (Å²) >= 11 is 2.94. The second-order valence-electron chi connectivity index (χ2n) is 1.76. The Bertz CT molecular complexity index is 367. The van der Waals surface area contributed by atoms with E-state index in [0.29, 0.717) is 0 Å². The minimum atomic E-state index is -0.588. The zero-order chi connectivity index (χ0) is 8.43. The predicted molar refractivity (Wildman–Crippen MR) is 41.9 cm³/mol. The van der Waals surface area contributed by atoms with E-state index in [1.807, 2.05) is 4.98 Å². The van der Waals surface area contributed by atoms with Gasteiger partial charge in [0.25, 0.3) is 5.56 Å². The summed E-state index contributed by atoms with van der Waals surface area (Å²) in [5.41, 5.74) is -1.10. The quantitative estimate of drug-likeness (QED) is 0.691. The van der Waals surface area contributed by atoms with Crippen LogP contribution in [0.1, 0.15) is 0 Å². The summed E-state index contributed by atoms with van der Waals surface area (Å²) in [7, 11) is 1.36. The van der Waals surface area contributed by atoms with Gasteiger partial charge < -0.3 is 4.74 Å². The van der Waals surface area contributed by atoms with Gasteiger partial charge in [-0.05, 0) is 15.9 Å². The standard InChI is InChI=1S/C5H5BrN2O3/c1-11-4-2(6)3(9)7-5(10)8-4/h1H3,(H2,7,8,9,10). The van der Waals surface area contributed by atoms with Gasteiger partial charge in [0.1, 0.15) is 4.47 Å². The van der Waals surface area contributed by atoms with Crippen LogP contribution >= 0.6 is 15.9 Å². The molecule has 1 aromatic rings. The summed E-state index contributed by atoms with van der Waals surface area (Å²) in [5.74, 6) is 0.124. The first kappa shape index (κ1) is 8.06. The van der Waals surface area contributed by atoms with Crippen LogP contribution in [-0.2, 0) is 0 Å². The molecule has 0 spiro atoms. The molecule has 0 aliphatic heterocycles. The molecule has 0 radical (unpaired) electrons. The van der Waals surface area contributed by atoms with E-state index in [0.717, 1.165) is 0 Å². The molecule has 5 nitrogen and oxygen atoms in total. The largest absolute Gasteiger partial charge is 0.481 e. The van der Waals surface area contributed by atoms with Gasteiger partial charge in [0.05, 0.1) is 7.11 Å². The molecule has 0 aliphatic carbocycles. The number of halogens is 1. The topological polar surface area (TPSA) is 75.0 Å². The van der Waals surface area contributed by atoms with E-state index < -0.39 is 11.2 Å². The third kappa shape index (κ3) is 1.51. The van der Waals surface area contributed by atoms with Crippen LogP contribution < -0.4 is 16.0 Å². The fourth-order valence-electron chi connectivity index (χ4n) is 0.591. The second-order valence-corrected chi connectivity index (χ2v) is 2.55. The highest BCUT2D eigenvalue weighted by Crippen LogP contribution is 2.13. The summed E-state index contributed by atoms with van der Waals surface area (Å²) in [6.07, 6.45) is 0. The highest BCUT2D eigenvalue weighted by molar-refractivity contribution is 9.10. The number of aromatic amines is 2. The van der Waals surface area contributed by atoms with Crippen molar-refractivity contribution in [3.63, 3.8) is 0 Å². The molecule has 2 N–H and O–H groups in total. The maximum absolute atomic E-state index is 10.8. The Labute approximate surface area is 69.5 Å². The van der Waals surface area contributed by atoms with Gasteiger partial charge in [-0.2, -0.15) is 0 Å². The van der Waals surface area contributed by atoms with Crippen LogP contribution in [0.5, 0.6) is 5.88 Å². The van der Waals surface area contributed by atoms with Crippen LogP contribution in [0.15, 0.2) is 14.1 Å². The van der Waals surface area contributed by atoms with Crippen molar-refractivity contribution in [3.05, 3.63) is 25.3 Å². The molecule has 1 rings (SSSR count). The molecule has 60 valence electrons. The number of aromatic nitrogens is 2. The van der Waals surface area contributed by atoms with Crippen molar-refractivity contribution in [2.45, 2.75) is 0 Å². The average molecular weight is 221 g/mol. The molecule has 0 aromatic carbocycles. The van der Waals surface area contributed by atoms with Crippen LogP contribution in [0.4, 0.5) is 0 Å². The lowest BCUT2D eigenvalue weighted by atomic mass is 10.6. The van der Waals surface area contributed by atoms with E-state index in [1.165, 1.54) is 7.11 Å². The molecule has 11 heavy (non-hydrogen) atoms. The third-order valence-corrected chi connectivity index (χ3v) is 1.78. The van der Waals surface area contributed by atoms with E-state index in [-0.39, 0.29) is 10.4 Å². The smallest absolute Gasteiger partial charge is 0.328 e. The number of H-pyrrole nitrogens is 2. The zero-order valence-corrected chi connectivity index (χ0v) is 7.19. The molecule has 1 heterocycles. The molecule has 0 unspecified atom stereocenters. The van der Waals surface area contributed by atoms with Crippen LogP contribution in [0.25, 0.3) is 0 Å². The average Bonchev–Trinajstić information content (AvgIpc) is 1.96. The van der Waals surface area contributed by atoms with Crippen molar-refractivity contribution < 1.29 is 4.74 Å². The number of ether oxygens (including phenoxy) is 1. The zero-order valence-electron chi connectivity index (χ0n) is 5.60. The molecule has 0 fully saturated rings. The lowest BCUT2D eigenvalue weighted by Crippen LogP contribution is -2.23. The molecule has 0 bridgehead atoms. The molecular formula is C5H5BrN2O3. The maximum atomic E-state index is 10.8. The summed E-state index contributed by atoms with van der Waals surface area (Å²) in [5, 5.41) is 0. The Morgan fingerprint density at radius 1 is 1.36 bits per heavy atom. The number of methoxy groups -OCH3 is 1. The molecule has 0 saturated heterocycles. The van der Waals surface area contributed by atoms with Gasteiger partial charge in [-0.25, -0.2) is 4.79 Å².